The van der Waals surface area contributed by atoms with Crippen molar-refractivity contribution in [2.24, 2.45) is 0 Å². The molecular formula is C19H28N5O+. The van der Waals surface area contributed by atoms with Gasteiger partial charge in [0.15, 0.2) is 6.04 Å². The number of quaternary nitrogens is 1. The highest BCUT2D eigenvalue weighted by Crippen LogP contribution is 2.30. The monoisotopic (exact) mass is 342 g/mol. The van der Waals surface area contributed by atoms with E-state index in [0.717, 1.165) is 18.9 Å². The minimum Gasteiger partial charge on any atom is -0.508 e. The molecule has 0 bridgehead atoms. The van der Waals surface area contributed by atoms with Crippen LogP contribution in [0.1, 0.15) is 74.8 Å². The molecule has 2 aliphatic rings. The number of rotatable bonds is 4. The molecule has 1 saturated heterocycles. The molecule has 2 N–H and O–H groups in total. The number of piperidine rings is 1. The van der Waals surface area contributed by atoms with Crippen LogP contribution in [0, 0.1) is 0 Å². The minimum atomic E-state index is 0.151. The van der Waals surface area contributed by atoms with E-state index < -0.39 is 0 Å². The number of tetrazole rings is 1. The van der Waals surface area contributed by atoms with Crippen LogP contribution in [0.4, 0.5) is 0 Å². The molecule has 6 heteroatoms. The van der Waals surface area contributed by atoms with E-state index in [1.807, 2.05) is 12.1 Å². The molecule has 1 aliphatic heterocycles. The van der Waals surface area contributed by atoms with Gasteiger partial charge in [-0.1, -0.05) is 19.3 Å². The first kappa shape index (κ1) is 16.5. The Bertz CT molecular complexity index is 671. The maximum Gasteiger partial charge on any atom is 0.214 e. The van der Waals surface area contributed by atoms with Gasteiger partial charge >= 0.3 is 0 Å². The van der Waals surface area contributed by atoms with Crippen molar-refractivity contribution in [3.8, 4) is 5.75 Å². The zero-order valence-corrected chi connectivity index (χ0v) is 14.8. The van der Waals surface area contributed by atoms with Crippen molar-refractivity contribution < 1.29 is 10.0 Å². The normalized spacial score (nSPS) is 21.3. The fourth-order valence-electron chi connectivity index (χ4n) is 4.50. The maximum absolute atomic E-state index is 9.69. The van der Waals surface area contributed by atoms with Gasteiger partial charge in [0.2, 0.25) is 5.82 Å². The topological polar surface area (TPSA) is 68.3 Å². The second-order valence-corrected chi connectivity index (χ2v) is 7.52. The first-order chi connectivity index (χ1) is 12.3. The lowest BCUT2D eigenvalue weighted by Crippen LogP contribution is -3.13. The lowest BCUT2D eigenvalue weighted by atomic mass is 9.94. The lowest BCUT2D eigenvalue weighted by molar-refractivity contribution is -0.931. The predicted octanol–water partition coefficient (Wildman–Crippen LogP) is 2.04. The van der Waals surface area contributed by atoms with Crippen molar-refractivity contribution in [1.82, 2.24) is 20.2 Å². The molecule has 1 saturated carbocycles. The zero-order valence-electron chi connectivity index (χ0n) is 14.8. The molecule has 2 aromatic rings. The standard InChI is InChI=1S/C19H27N5O/c25-17-11-9-15(10-12-17)18(23-13-5-2-6-14-23)19-20-21-22-24(19)16-7-3-1-4-8-16/h9-12,16,18,25H,1-8,13-14H2/p+1/t18-/m1/s1. The molecular weight excluding hydrogens is 314 g/mol. The fraction of sp³-hybridized carbons (Fsp3) is 0.632. The van der Waals surface area contributed by atoms with Crippen molar-refractivity contribution in [3.05, 3.63) is 35.7 Å². The van der Waals surface area contributed by atoms with E-state index >= 15 is 0 Å². The largest absolute Gasteiger partial charge is 0.508 e. The SMILES string of the molecule is Oc1ccc([C@H](c2nnnn2C2CCCCC2)[NH+]2CCCCC2)cc1. The van der Waals surface area contributed by atoms with Gasteiger partial charge in [-0.05, 0) is 66.8 Å². The van der Waals surface area contributed by atoms with E-state index in [4.69, 9.17) is 0 Å². The summed E-state index contributed by atoms with van der Waals surface area (Å²) in [5, 5.41) is 22.6. The Labute approximate surface area is 148 Å². The van der Waals surface area contributed by atoms with Gasteiger partial charge in [0, 0.05) is 5.56 Å². The highest BCUT2D eigenvalue weighted by molar-refractivity contribution is 5.29. The number of benzene rings is 1. The van der Waals surface area contributed by atoms with Crippen molar-refractivity contribution in [2.75, 3.05) is 13.1 Å². The summed E-state index contributed by atoms with van der Waals surface area (Å²) >= 11 is 0. The van der Waals surface area contributed by atoms with Crippen LogP contribution in [-0.4, -0.2) is 38.4 Å². The summed E-state index contributed by atoms with van der Waals surface area (Å²) in [6.45, 7) is 2.31. The van der Waals surface area contributed by atoms with Crippen LogP contribution in [0.25, 0.3) is 0 Å². The van der Waals surface area contributed by atoms with E-state index in [2.05, 4.69) is 20.2 Å². The van der Waals surface area contributed by atoms with Gasteiger partial charge in [-0.25, -0.2) is 4.68 Å². The van der Waals surface area contributed by atoms with Crippen LogP contribution in [0.15, 0.2) is 24.3 Å². The van der Waals surface area contributed by atoms with Gasteiger partial charge in [-0.15, -0.1) is 5.10 Å². The van der Waals surface area contributed by atoms with Gasteiger partial charge in [-0.3, -0.25) is 0 Å². The van der Waals surface area contributed by atoms with Gasteiger partial charge in [0.1, 0.15) is 5.75 Å². The number of phenolic OH excluding ortho intramolecular Hbond substituents is 1. The summed E-state index contributed by atoms with van der Waals surface area (Å²) in [7, 11) is 0. The Morgan fingerprint density at radius 1 is 0.960 bits per heavy atom. The van der Waals surface area contributed by atoms with Crippen molar-refractivity contribution >= 4 is 0 Å². The third-order valence-corrected chi connectivity index (χ3v) is 5.83. The maximum atomic E-state index is 9.69. The molecule has 1 aromatic heterocycles. The highest BCUT2D eigenvalue weighted by Gasteiger charge is 2.34. The first-order valence-electron chi connectivity index (χ1n) is 9.74. The van der Waals surface area contributed by atoms with Crippen molar-refractivity contribution in [3.63, 3.8) is 0 Å². The predicted molar refractivity (Wildman–Crippen MR) is 94.4 cm³/mol. The number of nitrogens with one attached hydrogen (secondary N) is 1. The lowest BCUT2D eigenvalue weighted by Gasteiger charge is -2.32. The van der Waals surface area contributed by atoms with Crippen LogP contribution in [0.5, 0.6) is 5.75 Å². The molecule has 0 unspecified atom stereocenters. The second kappa shape index (κ2) is 7.52. The molecule has 1 aliphatic carbocycles. The third kappa shape index (κ3) is 3.54. The minimum absolute atomic E-state index is 0.151. The van der Waals surface area contributed by atoms with E-state index in [0.29, 0.717) is 11.8 Å². The zero-order chi connectivity index (χ0) is 17.1. The van der Waals surface area contributed by atoms with Gasteiger partial charge in [0.05, 0.1) is 19.1 Å². The molecule has 4 rings (SSSR count). The molecule has 134 valence electrons. The number of phenols is 1. The molecule has 0 radical (unpaired) electrons. The van der Waals surface area contributed by atoms with Crippen LogP contribution in [0.2, 0.25) is 0 Å². The molecule has 6 nitrogen and oxygen atoms in total. The van der Waals surface area contributed by atoms with E-state index in [9.17, 15) is 5.11 Å². The second-order valence-electron chi connectivity index (χ2n) is 7.52. The molecule has 0 spiro atoms. The summed E-state index contributed by atoms with van der Waals surface area (Å²) in [5.74, 6) is 1.30. The van der Waals surface area contributed by atoms with Crippen LogP contribution in [-0.2, 0) is 0 Å². The van der Waals surface area contributed by atoms with Crippen LogP contribution < -0.4 is 4.90 Å². The summed E-state index contributed by atoms with van der Waals surface area (Å²) < 4.78 is 2.11. The van der Waals surface area contributed by atoms with Gasteiger partial charge < -0.3 is 10.0 Å². The van der Waals surface area contributed by atoms with Crippen LogP contribution in [0.3, 0.4) is 0 Å². The number of nitrogens with zero attached hydrogens (tertiary/aromatic N) is 4. The molecule has 1 aromatic carbocycles. The Hall–Kier alpha value is -1.95. The average Bonchev–Trinajstić information content (AvgIpc) is 3.14. The summed E-state index contributed by atoms with van der Waals surface area (Å²) in [4.78, 5) is 1.55. The fourth-order valence-corrected chi connectivity index (χ4v) is 4.50. The van der Waals surface area contributed by atoms with E-state index in [-0.39, 0.29) is 6.04 Å². The third-order valence-electron chi connectivity index (χ3n) is 5.83. The highest BCUT2D eigenvalue weighted by atomic mass is 16.3. The van der Waals surface area contributed by atoms with Gasteiger partial charge in [0.25, 0.3) is 0 Å². The van der Waals surface area contributed by atoms with Gasteiger partial charge in [-0.2, -0.15) is 0 Å². The summed E-state index contributed by atoms with van der Waals surface area (Å²) in [6, 6.07) is 8.20. The average molecular weight is 342 g/mol. The number of aromatic nitrogens is 4. The van der Waals surface area contributed by atoms with Crippen molar-refractivity contribution in [1.29, 1.82) is 0 Å². The number of hydrogen-bond donors (Lipinski definition) is 2. The first-order valence-corrected chi connectivity index (χ1v) is 9.74. The molecule has 2 heterocycles. The molecule has 25 heavy (non-hydrogen) atoms. The summed E-state index contributed by atoms with van der Waals surface area (Å²) in [6.07, 6.45) is 10.1. The molecule has 2 fully saturated rings. The molecule has 0 amide bonds. The quantitative estimate of drug-likeness (QED) is 0.892. The number of aromatic hydroxyl groups is 1. The van der Waals surface area contributed by atoms with E-state index in [1.165, 1.54) is 56.9 Å². The summed E-state index contributed by atoms with van der Waals surface area (Å²) in [5.41, 5.74) is 1.20. The van der Waals surface area contributed by atoms with Crippen molar-refractivity contribution in [2.45, 2.75) is 63.5 Å². The van der Waals surface area contributed by atoms with E-state index in [1.54, 1.807) is 17.0 Å². The Kier molecular flexibility index (Phi) is 4.97. The number of hydrogen-bond acceptors (Lipinski definition) is 4. The Morgan fingerprint density at radius 3 is 2.36 bits per heavy atom. The van der Waals surface area contributed by atoms with Crippen LogP contribution >= 0.6 is 0 Å². The Balaban J connectivity index is 1.70. The number of likely N-dealkylation sites (tertiary alicyclic amines) is 1. The smallest absolute Gasteiger partial charge is 0.214 e. The molecule has 1 atom stereocenters. The Morgan fingerprint density at radius 2 is 1.64 bits per heavy atom.